The third kappa shape index (κ3) is 5.82. The second kappa shape index (κ2) is 11.3. The van der Waals surface area contributed by atoms with Gasteiger partial charge in [0.15, 0.2) is 5.96 Å². The van der Waals surface area contributed by atoms with Gasteiger partial charge in [-0.15, -0.1) is 35.3 Å². The molecular weight excluding hydrogens is 487 g/mol. The molecular formula is C20H33IN4O2S. The molecule has 1 N–H and O–H groups in total. The van der Waals surface area contributed by atoms with Crippen LogP contribution in [0.25, 0.3) is 0 Å². The van der Waals surface area contributed by atoms with E-state index in [4.69, 9.17) is 4.74 Å². The molecule has 1 aromatic heterocycles. The SMILES string of the molecule is CCOC(=O)C1CCN(C(=NC)NCC(C)N2CCc3sccc3C2)CC1.I. The lowest BCUT2D eigenvalue weighted by atomic mass is 9.97. The quantitative estimate of drug-likeness (QED) is 0.280. The number of guanidine groups is 1. The van der Waals surface area contributed by atoms with Crippen LogP contribution in [0.3, 0.4) is 0 Å². The minimum absolute atomic E-state index is 0. The molecule has 6 nitrogen and oxygen atoms in total. The lowest BCUT2D eigenvalue weighted by Crippen LogP contribution is -2.50. The molecule has 0 radical (unpaired) electrons. The molecule has 0 amide bonds. The molecule has 8 heteroatoms. The van der Waals surface area contributed by atoms with Gasteiger partial charge >= 0.3 is 5.97 Å². The monoisotopic (exact) mass is 520 g/mol. The number of carbonyl (C=O) groups excluding carboxylic acids is 1. The fourth-order valence-electron chi connectivity index (χ4n) is 3.93. The molecule has 0 bridgehead atoms. The summed E-state index contributed by atoms with van der Waals surface area (Å²) in [7, 11) is 1.84. The Morgan fingerprint density at radius 3 is 2.82 bits per heavy atom. The highest BCUT2D eigenvalue weighted by Gasteiger charge is 2.28. The summed E-state index contributed by atoms with van der Waals surface area (Å²) in [6.45, 7) is 9.35. The average Bonchev–Trinajstić information content (AvgIpc) is 3.16. The molecule has 1 saturated heterocycles. The van der Waals surface area contributed by atoms with Crippen LogP contribution in [0.1, 0.15) is 37.1 Å². The topological polar surface area (TPSA) is 57.2 Å². The minimum Gasteiger partial charge on any atom is -0.466 e. The molecule has 0 aliphatic carbocycles. The molecule has 3 heterocycles. The first-order valence-corrected chi connectivity index (χ1v) is 10.9. The summed E-state index contributed by atoms with van der Waals surface area (Å²) in [4.78, 5) is 22.7. The number of esters is 1. The number of rotatable bonds is 5. The van der Waals surface area contributed by atoms with Gasteiger partial charge in [-0.25, -0.2) is 0 Å². The largest absolute Gasteiger partial charge is 0.466 e. The van der Waals surface area contributed by atoms with E-state index in [1.165, 1.54) is 5.56 Å². The Morgan fingerprint density at radius 2 is 2.14 bits per heavy atom. The van der Waals surface area contributed by atoms with Crippen molar-refractivity contribution in [2.45, 2.75) is 45.7 Å². The molecule has 0 aromatic carbocycles. The van der Waals surface area contributed by atoms with Crippen molar-refractivity contribution >= 4 is 47.2 Å². The number of ether oxygens (including phenoxy) is 1. The van der Waals surface area contributed by atoms with Gasteiger partial charge in [-0.3, -0.25) is 14.7 Å². The number of carbonyl (C=O) groups is 1. The van der Waals surface area contributed by atoms with Crippen LogP contribution < -0.4 is 5.32 Å². The van der Waals surface area contributed by atoms with Gasteiger partial charge in [-0.05, 0) is 50.1 Å². The van der Waals surface area contributed by atoms with Crippen LogP contribution in [0.15, 0.2) is 16.4 Å². The molecule has 3 rings (SSSR count). The van der Waals surface area contributed by atoms with E-state index in [1.54, 1.807) is 4.88 Å². The Morgan fingerprint density at radius 1 is 1.39 bits per heavy atom. The number of likely N-dealkylation sites (tertiary alicyclic amines) is 1. The molecule has 1 aromatic rings. The number of hydrogen-bond donors (Lipinski definition) is 1. The number of piperidine rings is 1. The van der Waals surface area contributed by atoms with Crippen molar-refractivity contribution in [2.75, 3.05) is 39.8 Å². The van der Waals surface area contributed by atoms with Gasteiger partial charge in [0.1, 0.15) is 0 Å². The van der Waals surface area contributed by atoms with Gasteiger partial charge in [-0.1, -0.05) is 0 Å². The molecule has 1 unspecified atom stereocenters. The lowest BCUT2D eigenvalue weighted by molar-refractivity contribution is -0.149. The fraction of sp³-hybridized carbons (Fsp3) is 0.700. The van der Waals surface area contributed by atoms with Gasteiger partial charge in [0, 0.05) is 50.7 Å². The number of nitrogens with zero attached hydrogens (tertiary/aromatic N) is 3. The number of thiophene rings is 1. The number of halogens is 1. The third-order valence-electron chi connectivity index (χ3n) is 5.64. The van der Waals surface area contributed by atoms with E-state index in [0.717, 1.165) is 57.9 Å². The zero-order valence-corrected chi connectivity index (χ0v) is 20.3. The highest BCUT2D eigenvalue weighted by atomic mass is 127. The number of fused-ring (bicyclic) bond motifs is 1. The molecule has 1 fully saturated rings. The van der Waals surface area contributed by atoms with Crippen LogP contribution in [0.4, 0.5) is 0 Å². The van der Waals surface area contributed by atoms with Gasteiger partial charge in [0.2, 0.25) is 0 Å². The van der Waals surface area contributed by atoms with Crippen LogP contribution >= 0.6 is 35.3 Å². The van der Waals surface area contributed by atoms with E-state index in [1.807, 2.05) is 25.3 Å². The average molecular weight is 520 g/mol. The summed E-state index contributed by atoms with van der Waals surface area (Å²) in [5, 5.41) is 5.75. The number of nitrogens with one attached hydrogen (secondary N) is 1. The normalized spacial score (nSPS) is 19.5. The van der Waals surface area contributed by atoms with E-state index >= 15 is 0 Å². The Hall–Kier alpha value is -0.870. The molecule has 2 aliphatic rings. The smallest absolute Gasteiger partial charge is 0.309 e. The van der Waals surface area contributed by atoms with Crippen molar-refractivity contribution in [1.29, 1.82) is 0 Å². The van der Waals surface area contributed by atoms with Gasteiger partial charge in [-0.2, -0.15) is 0 Å². The maximum atomic E-state index is 11.9. The van der Waals surface area contributed by atoms with E-state index in [2.05, 4.69) is 38.5 Å². The highest BCUT2D eigenvalue weighted by molar-refractivity contribution is 14.0. The maximum Gasteiger partial charge on any atom is 0.309 e. The molecule has 158 valence electrons. The van der Waals surface area contributed by atoms with Crippen molar-refractivity contribution in [3.8, 4) is 0 Å². The van der Waals surface area contributed by atoms with E-state index in [0.29, 0.717) is 12.6 Å². The van der Waals surface area contributed by atoms with Crippen LogP contribution in [-0.4, -0.2) is 67.6 Å². The third-order valence-corrected chi connectivity index (χ3v) is 6.67. The minimum atomic E-state index is -0.0494. The molecule has 1 atom stereocenters. The van der Waals surface area contributed by atoms with Crippen molar-refractivity contribution in [2.24, 2.45) is 10.9 Å². The number of hydrogen-bond acceptors (Lipinski definition) is 5. The first kappa shape index (κ1) is 23.4. The van der Waals surface area contributed by atoms with Crippen molar-refractivity contribution < 1.29 is 9.53 Å². The summed E-state index contributed by atoms with van der Waals surface area (Å²) in [6, 6.07) is 2.71. The molecule has 0 spiro atoms. The predicted molar refractivity (Wildman–Crippen MR) is 126 cm³/mol. The Kier molecular flexibility index (Phi) is 9.49. The summed E-state index contributed by atoms with van der Waals surface area (Å²) in [5.41, 5.74) is 1.49. The first-order valence-electron chi connectivity index (χ1n) is 10.0. The van der Waals surface area contributed by atoms with Crippen LogP contribution in [0.2, 0.25) is 0 Å². The van der Waals surface area contributed by atoms with Gasteiger partial charge in [0.05, 0.1) is 12.5 Å². The summed E-state index contributed by atoms with van der Waals surface area (Å²) in [5.74, 6) is 0.926. The zero-order valence-electron chi connectivity index (χ0n) is 17.1. The molecule has 28 heavy (non-hydrogen) atoms. The fourth-order valence-corrected chi connectivity index (χ4v) is 4.82. The van der Waals surface area contributed by atoms with Crippen LogP contribution in [-0.2, 0) is 22.5 Å². The van der Waals surface area contributed by atoms with E-state index < -0.39 is 0 Å². The zero-order chi connectivity index (χ0) is 19.2. The van der Waals surface area contributed by atoms with Crippen LogP contribution in [0.5, 0.6) is 0 Å². The maximum absolute atomic E-state index is 11.9. The highest BCUT2D eigenvalue weighted by Crippen LogP contribution is 2.25. The van der Waals surface area contributed by atoms with Crippen LogP contribution in [0, 0.1) is 5.92 Å². The molecule has 0 saturated carbocycles. The van der Waals surface area contributed by atoms with E-state index in [9.17, 15) is 4.79 Å². The predicted octanol–water partition coefficient (Wildman–Crippen LogP) is 2.96. The van der Waals surface area contributed by atoms with E-state index in [-0.39, 0.29) is 35.9 Å². The first-order chi connectivity index (χ1) is 13.1. The summed E-state index contributed by atoms with van der Waals surface area (Å²) in [6.07, 6.45) is 2.83. The Balaban J connectivity index is 0.00000280. The van der Waals surface area contributed by atoms with Gasteiger partial charge < -0.3 is 15.0 Å². The van der Waals surface area contributed by atoms with Crippen molar-refractivity contribution in [3.63, 3.8) is 0 Å². The molecule has 2 aliphatic heterocycles. The number of aliphatic imine (C=N–C) groups is 1. The van der Waals surface area contributed by atoms with Crippen molar-refractivity contribution in [1.82, 2.24) is 15.1 Å². The Bertz CT molecular complexity index is 658. The summed E-state index contributed by atoms with van der Waals surface area (Å²) >= 11 is 1.88. The summed E-state index contributed by atoms with van der Waals surface area (Å²) < 4.78 is 5.16. The van der Waals surface area contributed by atoms with Gasteiger partial charge in [0.25, 0.3) is 0 Å². The van der Waals surface area contributed by atoms with Crippen molar-refractivity contribution in [3.05, 3.63) is 21.9 Å². The second-order valence-corrected chi connectivity index (χ2v) is 8.38. The second-order valence-electron chi connectivity index (χ2n) is 7.38. The Labute approximate surface area is 189 Å². The lowest BCUT2D eigenvalue weighted by Gasteiger charge is -2.36. The standard InChI is InChI=1S/C20H32N4O2S.HI/c1-4-26-19(25)16-5-9-23(10-6-16)20(21-3)22-13-15(2)24-11-7-18-17(14-24)8-12-27-18;/h8,12,15-16H,4-7,9-11,13-14H2,1-3H3,(H,21,22);1H.